The summed E-state index contributed by atoms with van der Waals surface area (Å²) >= 11 is 0. The number of allylic oxidation sites excluding steroid dienone is 3. The molecular weight excluding hydrogens is 364 g/mol. The normalized spacial score (nSPS) is 13.8. The Labute approximate surface area is 175 Å². The lowest BCUT2D eigenvalue weighted by molar-refractivity contribution is -0.142. The summed E-state index contributed by atoms with van der Waals surface area (Å²) in [6.45, 7) is 15.8. The Morgan fingerprint density at radius 1 is 0.931 bits per heavy atom. The Bertz CT molecular complexity index is 708. The molecule has 1 aliphatic rings. The Morgan fingerprint density at radius 2 is 1.48 bits per heavy atom. The molecule has 1 saturated heterocycles. The van der Waals surface area contributed by atoms with Crippen molar-refractivity contribution in [2.75, 3.05) is 13.1 Å². The molecule has 1 aliphatic heterocycles. The average Bonchev–Trinajstić information content (AvgIpc) is 2.76. The van der Waals surface area contributed by atoms with E-state index in [-0.39, 0.29) is 19.5 Å². The highest BCUT2D eigenvalue weighted by molar-refractivity contribution is 6.14. The van der Waals surface area contributed by atoms with Crippen LogP contribution in [0, 0.1) is 0 Å². The first-order chi connectivity index (χ1) is 14.1. The number of imide groups is 2. The fourth-order valence-corrected chi connectivity index (χ4v) is 2.65. The molecule has 0 atom stereocenters. The van der Waals surface area contributed by atoms with E-state index < -0.39 is 17.8 Å². The number of hydrogen-bond donors (Lipinski definition) is 0. The minimum Gasteiger partial charge on any atom is -0.274 e. The Balaban J connectivity index is 0.00000184. The van der Waals surface area contributed by atoms with E-state index in [2.05, 4.69) is 13.2 Å². The van der Waals surface area contributed by atoms with Gasteiger partial charge in [0.2, 0.25) is 11.8 Å². The second-order valence-electron chi connectivity index (χ2n) is 5.72. The first kappa shape index (κ1) is 26.1. The standard InChI is InChI=1S/C20H22N2O3.2C2H6/c1-3-8-16(4-2)11-13-21-18(23)15-19(24)22(20(21)25)14-12-17-9-6-5-7-10-17;2*1-2/h3-10H,1-2,11-15H2;2*1-2H3/b16-8+;;. The molecule has 5 heteroatoms. The number of amides is 4. The van der Waals surface area contributed by atoms with E-state index in [4.69, 9.17) is 0 Å². The molecule has 0 saturated carbocycles. The quantitative estimate of drug-likeness (QED) is 0.449. The summed E-state index contributed by atoms with van der Waals surface area (Å²) in [6.07, 6.45) is 5.85. The molecular formula is C24H34N2O3. The molecule has 1 aromatic rings. The number of benzene rings is 1. The Morgan fingerprint density at radius 3 is 2.00 bits per heavy atom. The van der Waals surface area contributed by atoms with Crippen molar-refractivity contribution in [3.05, 3.63) is 72.9 Å². The van der Waals surface area contributed by atoms with Crippen LogP contribution in [0.5, 0.6) is 0 Å². The maximum absolute atomic E-state index is 12.6. The van der Waals surface area contributed by atoms with Crippen molar-refractivity contribution >= 4 is 17.8 Å². The molecule has 0 unspecified atom stereocenters. The van der Waals surface area contributed by atoms with Crippen LogP contribution in [-0.2, 0) is 16.0 Å². The molecule has 0 radical (unpaired) electrons. The summed E-state index contributed by atoms with van der Waals surface area (Å²) in [5.41, 5.74) is 1.91. The number of hydrogen-bond acceptors (Lipinski definition) is 3. The van der Waals surface area contributed by atoms with Gasteiger partial charge in [0.1, 0.15) is 6.42 Å². The molecule has 5 nitrogen and oxygen atoms in total. The molecule has 0 spiro atoms. The predicted molar refractivity (Wildman–Crippen MR) is 119 cm³/mol. The molecule has 0 bridgehead atoms. The van der Waals surface area contributed by atoms with Crippen LogP contribution in [-0.4, -0.2) is 40.7 Å². The lowest BCUT2D eigenvalue weighted by Crippen LogP contribution is -2.55. The van der Waals surface area contributed by atoms with Gasteiger partial charge in [0.05, 0.1) is 0 Å². The van der Waals surface area contributed by atoms with Gasteiger partial charge in [-0.05, 0) is 24.0 Å². The Kier molecular flexibility index (Phi) is 13.5. The molecule has 2 rings (SSSR count). The van der Waals surface area contributed by atoms with E-state index in [9.17, 15) is 14.4 Å². The van der Waals surface area contributed by atoms with Crippen LogP contribution in [0.25, 0.3) is 0 Å². The van der Waals surface area contributed by atoms with Crippen LogP contribution >= 0.6 is 0 Å². The lowest BCUT2D eigenvalue weighted by Gasteiger charge is -2.32. The molecule has 0 N–H and O–H groups in total. The number of carbonyl (C=O) groups is 3. The van der Waals surface area contributed by atoms with Crippen LogP contribution in [0.3, 0.4) is 0 Å². The van der Waals surface area contributed by atoms with Gasteiger partial charge in [0.25, 0.3) is 0 Å². The van der Waals surface area contributed by atoms with Crippen LogP contribution in [0.4, 0.5) is 4.79 Å². The third kappa shape index (κ3) is 8.30. The zero-order valence-electron chi connectivity index (χ0n) is 18.2. The molecule has 0 aromatic heterocycles. The molecule has 1 heterocycles. The van der Waals surface area contributed by atoms with Crippen molar-refractivity contribution in [2.45, 2.75) is 47.0 Å². The molecule has 29 heavy (non-hydrogen) atoms. The van der Waals surface area contributed by atoms with Gasteiger partial charge in [-0.1, -0.05) is 89.4 Å². The minimum absolute atomic E-state index is 0.221. The number of rotatable bonds is 8. The minimum atomic E-state index is -0.542. The number of carbonyl (C=O) groups excluding carboxylic acids is 3. The largest absolute Gasteiger partial charge is 0.333 e. The number of barbiturate groups is 1. The summed E-state index contributed by atoms with van der Waals surface area (Å²) < 4.78 is 0. The second-order valence-corrected chi connectivity index (χ2v) is 5.72. The van der Waals surface area contributed by atoms with E-state index in [0.717, 1.165) is 16.0 Å². The van der Waals surface area contributed by atoms with Crippen molar-refractivity contribution in [2.24, 2.45) is 0 Å². The van der Waals surface area contributed by atoms with Gasteiger partial charge in [-0.15, -0.1) is 0 Å². The molecule has 0 aliphatic carbocycles. The van der Waals surface area contributed by atoms with Gasteiger partial charge in [-0.25, -0.2) is 4.79 Å². The molecule has 1 aromatic carbocycles. The number of urea groups is 1. The van der Waals surface area contributed by atoms with Crippen molar-refractivity contribution in [3.8, 4) is 0 Å². The van der Waals surface area contributed by atoms with Gasteiger partial charge < -0.3 is 0 Å². The van der Waals surface area contributed by atoms with E-state index in [1.54, 1.807) is 18.2 Å². The van der Waals surface area contributed by atoms with Gasteiger partial charge >= 0.3 is 6.03 Å². The van der Waals surface area contributed by atoms with E-state index in [0.29, 0.717) is 12.8 Å². The third-order valence-electron chi connectivity index (χ3n) is 4.05. The SMILES string of the molecule is C=C/C=C(\C=C)CCN1C(=O)CC(=O)N(CCc2ccccc2)C1=O.CC.CC. The third-order valence-corrected chi connectivity index (χ3v) is 4.05. The Hall–Kier alpha value is -2.95. The maximum Gasteiger partial charge on any atom is 0.333 e. The summed E-state index contributed by atoms with van der Waals surface area (Å²) in [7, 11) is 0. The molecule has 4 amide bonds. The maximum atomic E-state index is 12.6. The average molecular weight is 399 g/mol. The highest BCUT2D eigenvalue weighted by Gasteiger charge is 2.37. The van der Waals surface area contributed by atoms with E-state index >= 15 is 0 Å². The monoisotopic (exact) mass is 398 g/mol. The highest BCUT2D eigenvalue weighted by Crippen LogP contribution is 2.16. The lowest BCUT2D eigenvalue weighted by atomic mass is 10.1. The van der Waals surface area contributed by atoms with E-state index in [1.165, 1.54) is 4.90 Å². The van der Waals surface area contributed by atoms with Crippen molar-refractivity contribution in [1.29, 1.82) is 0 Å². The van der Waals surface area contributed by atoms with Crippen LogP contribution in [0.15, 0.2) is 67.3 Å². The van der Waals surface area contributed by atoms with Gasteiger partial charge in [-0.3, -0.25) is 19.4 Å². The van der Waals surface area contributed by atoms with Crippen molar-refractivity contribution in [1.82, 2.24) is 9.80 Å². The summed E-state index contributed by atoms with van der Waals surface area (Å²) in [5, 5.41) is 0. The topological polar surface area (TPSA) is 57.7 Å². The summed E-state index contributed by atoms with van der Waals surface area (Å²) in [4.78, 5) is 39.1. The predicted octanol–water partition coefficient (Wildman–Crippen LogP) is 5.15. The fraction of sp³-hybridized carbons (Fsp3) is 0.375. The fourth-order valence-electron chi connectivity index (χ4n) is 2.65. The first-order valence-electron chi connectivity index (χ1n) is 10.2. The number of nitrogens with zero attached hydrogens (tertiary/aromatic N) is 2. The van der Waals surface area contributed by atoms with Gasteiger partial charge in [0, 0.05) is 13.1 Å². The summed E-state index contributed by atoms with van der Waals surface area (Å²) in [6, 6.07) is 9.08. The smallest absolute Gasteiger partial charge is 0.274 e. The van der Waals surface area contributed by atoms with Crippen LogP contribution in [0.1, 0.15) is 46.1 Å². The van der Waals surface area contributed by atoms with E-state index in [1.807, 2.05) is 58.0 Å². The first-order valence-corrected chi connectivity index (χ1v) is 10.2. The molecule has 158 valence electrons. The molecule has 1 fully saturated rings. The second kappa shape index (κ2) is 15.0. The summed E-state index contributed by atoms with van der Waals surface area (Å²) in [5.74, 6) is -0.888. The zero-order chi connectivity index (χ0) is 22.2. The highest BCUT2D eigenvalue weighted by atomic mass is 16.2. The van der Waals surface area contributed by atoms with Crippen LogP contribution < -0.4 is 0 Å². The van der Waals surface area contributed by atoms with Crippen molar-refractivity contribution in [3.63, 3.8) is 0 Å². The van der Waals surface area contributed by atoms with Gasteiger partial charge in [-0.2, -0.15) is 0 Å². The van der Waals surface area contributed by atoms with Gasteiger partial charge in [0.15, 0.2) is 0 Å². The van der Waals surface area contributed by atoms with Crippen molar-refractivity contribution < 1.29 is 14.4 Å². The van der Waals surface area contributed by atoms with Crippen LogP contribution in [0.2, 0.25) is 0 Å². The zero-order valence-corrected chi connectivity index (χ0v) is 18.2.